The quantitative estimate of drug-likeness (QED) is 0.694. The molecule has 122 valence electrons. The number of carboxylic acids is 1. The normalized spacial score (nSPS) is 11.1. The fourth-order valence-corrected chi connectivity index (χ4v) is 1.67. The van der Waals surface area contributed by atoms with Gasteiger partial charge in [0.25, 0.3) is 0 Å². The zero-order chi connectivity index (χ0) is 16.8. The molecule has 0 unspecified atom stereocenters. The van der Waals surface area contributed by atoms with Crippen molar-refractivity contribution < 1.29 is 19.4 Å². The van der Waals surface area contributed by atoms with Crippen LogP contribution in [0, 0.1) is 0 Å². The molecule has 0 fully saturated rings. The largest absolute Gasteiger partial charge is 0.488 e. The number of nitrogens with zero attached hydrogens (tertiary/aromatic N) is 1. The molecule has 0 aromatic heterocycles. The maximum Gasteiger partial charge on any atom is 0.329 e. The number of nitrogens with one attached hydrogen (secondary N) is 2. The standard InChI is InChI=1S/C15H23N3O4/c1-15(2,3)22-12-7-5-11(6-8-12)9-16-14(21)17-18(4)10-13(19)20/h5-8H,9-10H2,1-4H3,(H,19,20)(H2,16,17,21). The van der Waals surface area contributed by atoms with Crippen LogP contribution in [0.1, 0.15) is 26.3 Å². The number of ether oxygens (including phenoxy) is 1. The highest BCUT2D eigenvalue weighted by Crippen LogP contribution is 2.18. The third kappa shape index (κ3) is 7.49. The monoisotopic (exact) mass is 309 g/mol. The molecule has 1 rings (SSSR count). The Morgan fingerprint density at radius 2 is 1.82 bits per heavy atom. The van der Waals surface area contributed by atoms with Gasteiger partial charge < -0.3 is 15.2 Å². The lowest BCUT2D eigenvalue weighted by atomic mass is 10.1. The van der Waals surface area contributed by atoms with Crippen LogP contribution in [0.25, 0.3) is 0 Å². The highest BCUT2D eigenvalue weighted by atomic mass is 16.5. The maximum atomic E-state index is 11.6. The third-order valence-electron chi connectivity index (χ3n) is 2.47. The minimum absolute atomic E-state index is 0.256. The molecule has 0 radical (unpaired) electrons. The van der Waals surface area contributed by atoms with Crippen LogP contribution in [0.15, 0.2) is 24.3 Å². The van der Waals surface area contributed by atoms with Crippen LogP contribution in [-0.4, -0.2) is 41.3 Å². The Morgan fingerprint density at radius 1 is 1.23 bits per heavy atom. The Kier molecular flexibility index (Phi) is 6.18. The lowest BCUT2D eigenvalue weighted by Gasteiger charge is -2.21. The van der Waals surface area contributed by atoms with Crippen LogP contribution in [0.5, 0.6) is 5.75 Å². The molecule has 0 atom stereocenters. The van der Waals surface area contributed by atoms with Crippen LogP contribution in [0.2, 0.25) is 0 Å². The van der Waals surface area contributed by atoms with Gasteiger partial charge in [-0.25, -0.2) is 9.80 Å². The van der Waals surface area contributed by atoms with E-state index in [1.807, 2.05) is 45.0 Å². The molecule has 3 N–H and O–H groups in total. The Morgan fingerprint density at radius 3 is 2.32 bits per heavy atom. The van der Waals surface area contributed by atoms with Gasteiger partial charge in [-0.1, -0.05) is 12.1 Å². The number of rotatable bonds is 6. The Labute approximate surface area is 130 Å². The minimum atomic E-state index is -1.02. The number of likely N-dealkylation sites (N-methyl/N-ethyl adjacent to an activating group) is 1. The topological polar surface area (TPSA) is 90.9 Å². The molecule has 7 heteroatoms. The summed E-state index contributed by atoms with van der Waals surface area (Å²) >= 11 is 0. The summed E-state index contributed by atoms with van der Waals surface area (Å²) in [4.78, 5) is 22.1. The zero-order valence-electron chi connectivity index (χ0n) is 13.3. The molecule has 0 aliphatic rings. The smallest absolute Gasteiger partial charge is 0.329 e. The van der Waals surface area contributed by atoms with Crippen molar-refractivity contribution >= 4 is 12.0 Å². The van der Waals surface area contributed by atoms with Gasteiger partial charge in [-0.2, -0.15) is 0 Å². The predicted octanol–water partition coefficient (Wildman–Crippen LogP) is 1.59. The van der Waals surface area contributed by atoms with Crippen LogP contribution in [0.4, 0.5) is 4.79 Å². The van der Waals surface area contributed by atoms with Gasteiger partial charge in [0, 0.05) is 13.6 Å². The highest BCUT2D eigenvalue weighted by Gasteiger charge is 2.11. The number of benzene rings is 1. The molecule has 0 bridgehead atoms. The summed E-state index contributed by atoms with van der Waals surface area (Å²) in [5, 5.41) is 12.4. The molecule has 2 amide bonds. The van der Waals surface area contributed by atoms with Crippen LogP contribution in [-0.2, 0) is 11.3 Å². The van der Waals surface area contributed by atoms with Gasteiger partial charge in [-0.15, -0.1) is 0 Å². The molecule has 0 aliphatic carbocycles. The number of carbonyl (C=O) groups is 2. The van der Waals surface area contributed by atoms with E-state index in [1.165, 1.54) is 12.1 Å². The number of carboxylic acid groups (broad SMARTS) is 1. The highest BCUT2D eigenvalue weighted by molar-refractivity contribution is 5.74. The fraction of sp³-hybridized carbons (Fsp3) is 0.467. The Balaban J connectivity index is 2.41. The van der Waals surface area contributed by atoms with Crippen molar-refractivity contribution in [3.63, 3.8) is 0 Å². The fourth-order valence-electron chi connectivity index (χ4n) is 1.67. The molecular formula is C15H23N3O4. The Bertz CT molecular complexity index is 509. The molecule has 0 saturated carbocycles. The lowest BCUT2D eigenvalue weighted by Crippen LogP contribution is -2.46. The molecule has 0 spiro atoms. The van der Waals surface area contributed by atoms with E-state index in [9.17, 15) is 9.59 Å². The number of amides is 2. The predicted molar refractivity (Wildman–Crippen MR) is 82.5 cm³/mol. The van der Waals surface area contributed by atoms with Crippen LogP contribution >= 0.6 is 0 Å². The summed E-state index contributed by atoms with van der Waals surface area (Å²) in [6.45, 7) is 5.98. The average molecular weight is 309 g/mol. The number of carbonyl (C=O) groups excluding carboxylic acids is 1. The van der Waals surface area contributed by atoms with Gasteiger partial charge in [0.05, 0.1) is 0 Å². The number of hydrogen-bond acceptors (Lipinski definition) is 4. The molecule has 0 aliphatic heterocycles. The number of aliphatic carboxylic acids is 1. The van der Waals surface area contributed by atoms with E-state index in [0.29, 0.717) is 6.54 Å². The number of hydrogen-bond donors (Lipinski definition) is 3. The van der Waals surface area contributed by atoms with Crippen molar-refractivity contribution in [2.75, 3.05) is 13.6 Å². The first-order chi connectivity index (χ1) is 10.2. The van der Waals surface area contributed by atoms with E-state index in [-0.39, 0.29) is 12.1 Å². The molecular weight excluding hydrogens is 286 g/mol. The van der Waals surface area contributed by atoms with Crippen LogP contribution < -0.4 is 15.5 Å². The third-order valence-corrected chi connectivity index (χ3v) is 2.47. The zero-order valence-corrected chi connectivity index (χ0v) is 13.3. The van der Waals surface area contributed by atoms with Crippen molar-refractivity contribution in [2.24, 2.45) is 0 Å². The van der Waals surface area contributed by atoms with E-state index < -0.39 is 12.0 Å². The summed E-state index contributed by atoms with van der Waals surface area (Å²) < 4.78 is 5.71. The molecule has 7 nitrogen and oxygen atoms in total. The van der Waals surface area contributed by atoms with Gasteiger partial charge in [0.2, 0.25) is 0 Å². The van der Waals surface area contributed by atoms with Crippen molar-refractivity contribution in [3.05, 3.63) is 29.8 Å². The Hall–Kier alpha value is -2.28. The van der Waals surface area contributed by atoms with Gasteiger partial charge >= 0.3 is 12.0 Å². The molecule has 0 heterocycles. The second kappa shape index (κ2) is 7.65. The van der Waals surface area contributed by atoms with E-state index in [1.54, 1.807) is 0 Å². The molecule has 1 aromatic rings. The van der Waals surface area contributed by atoms with Gasteiger partial charge in [0.15, 0.2) is 0 Å². The first-order valence-corrected chi connectivity index (χ1v) is 6.91. The maximum absolute atomic E-state index is 11.6. The molecule has 22 heavy (non-hydrogen) atoms. The van der Waals surface area contributed by atoms with Crippen molar-refractivity contribution in [1.29, 1.82) is 0 Å². The van der Waals surface area contributed by atoms with Gasteiger partial charge in [-0.3, -0.25) is 10.2 Å². The first kappa shape index (κ1) is 17.8. The van der Waals surface area contributed by atoms with E-state index in [4.69, 9.17) is 9.84 Å². The second-order valence-corrected chi connectivity index (χ2v) is 5.90. The van der Waals surface area contributed by atoms with Gasteiger partial charge in [-0.05, 0) is 38.5 Å². The minimum Gasteiger partial charge on any atom is -0.488 e. The van der Waals surface area contributed by atoms with Crippen LogP contribution in [0.3, 0.4) is 0 Å². The number of hydrazine groups is 1. The second-order valence-electron chi connectivity index (χ2n) is 5.90. The summed E-state index contributed by atoms with van der Waals surface area (Å²) in [5.74, 6) is -0.251. The van der Waals surface area contributed by atoms with E-state index >= 15 is 0 Å². The summed E-state index contributed by atoms with van der Waals surface area (Å²) in [6, 6.07) is 6.96. The summed E-state index contributed by atoms with van der Waals surface area (Å²) in [6.07, 6.45) is 0. The molecule has 1 aromatic carbocycles. The average Bonchev–Trinajstić information content (AvgIpc) is 2.35. The first-order valence-electron chi connectivity index (χ1n) is 6.91. The van der Waals surface area contributed by atoms with E-state index in [2.05, 4.69) is 10.7 Å². The van der Waals surface area contributed by atoms with E-state index in [0.717, 1.165) is 11.3 Å². The number of urea groups is 1. The summed E-state index contributed by atoms with van der Waals surface area (Å²) in [7, 11) is 1.48. The lowest BCUT2D eigenvalue weighted by molar-refractivity contribution is -0.138. The SMILES string of the molecule is CN(CC(=O)O)NC(=O)NCc1ccc(OC(C)(C)C)cc1. The molecule has 0 saturated heterocycles. The van der Waals surface area contributed by atoms with Crippen molar-refractivity contribution in [1.82, 2.24) is 15.8 Å². The van der Waals surface area contributed by atoms with Crippen molar-refractivity contribution in [3.8, 4) is 5.75 Å². The van der Waals surface area contributed by atoms with Crippen molar-refractivity contribution in [2.45, 2.75) is 32.9 Å². The summed E-state index contributed by atoms with van der Waals surface area (Å²) in [5.41, 5.74) is 3.06. The van der Waals surface area contributed by atoms with Gasteiger partial charge in [0.1, 0.15) is 17.9 Å².